The van der Waals surface area contributed by atoms with Crippen LogP contribution in [0.1, 0.15) is 40.3 Å². The molecule has 0 spiro atoms. The molecule has 13 nitrogen and oxygen atoms in total. The minimum absolute atomic E-state index is 0.00982. The molecule has 2 aromatic rings. The van der Waals surface area contributed by atoms with E-state index in [1.165, 1.54) is 12.1 Å². The number of ether oxygens (including phenoxy) is 2. The average Bonchev–Trinajstić information content (AvgIpc) is 3.12. The number of benzene rings is 1. The summed E-state index contributed by atoms with van der Waals surface area (Å²) in [6.07, 6.45) is 1.48. The molecular formula is C26H34N3O10P. The van der Waals surface area contributed by atoms with Crippen molar-refractivity contribution in [3.8, 4) is 18.1 Å². The zero-order chi connectivity index (χ0) is 29.7. The van der Waals surface area contributed by atoms with Crippen molar-refractivity contribution in [3.05, 3.63) is 63.4 Å². The summed E-state index contributed by atoms with van der Waals surface area (Å²) in [5, 5.41) is 24.5. The summed E-state index contributed by atoms with van der Waals surface area (Å²) in [5.74, 6) is 1.51. The third-order valence-corrected chi connectivity index (χ3v) is 7.42. The number of hydrogen-bond donors (Lipinski definition) is 4. The Hall–Kier alpha value is -3.24. The summed E-state index contributed by atoms with van der Waals surface area (Å²) < 4.78 is 37.1. The van der Waals surface area contributed by atoms with Gasteiger partial charge < -0.3 is 24.2 Å². The number of rotatable bonds is 12. The number of carbonyl (C=O) groups excluding carboxylic acids is 1. The second-order valence-corrected chi connectivity index (χ2v) is 11.6. The van der Waals surface area contributed by atoms with Crippen LogP contribution in [0.2, 0.25) is 0 Å². The highest BCUT2D eigenvalue weighted by Gasteiger charge is 2.56. The van der Waals surface area contributed by atoms with Crippen molar-refractivity contribution in [2.45, 2.75) is 70.3 Å². The van der Waals surface area contributed by atoms with Gasteiger partial charge in [0.1, 0.15) is 24.0 Å². The zero-order valence-corrected chi connectivity index (χ0v) is 23.4. The Morgan fingerprint density at radius 1 is 1.25 bits per heavy atom. The third-order valence-electron chi connectivity index (χ3n) is 5.85. The van der Waals surface area contributed by atoms with Crippen molar-refractivity contribution in [1.82, 2.24) is 14.6 Å². The van der Waals surface area contributed by atoms with E-state index >= 15 is 0 Å². The number of H-pyrrole nitrogens is 1. The van der Waals surface area contributed by atoms with Gasteiger partial charge in [0.15, 0.2) is 11.8 Å². The maximum Gasteiger partial charge on any atom is 0.459 e. The smallest absolute Gasteiger partial charge is 0.459 e. The van der Waals surface area contributed by atoms with Crippen LogP contribution in [-0.2, 0) is 23.4 Å². The number of nitrogens with one attached hydrogen (secondary N) is 2. The maximum absolute atomic E-state index is 14.0. The van der Waals surface area contributed by atoms with Crippen LogP contribution in [0.15, 0.2) is 52.2 Å². The molecule has 14 heteroatoms. The van der Waals surface area contributed by atoms with Gasteiger partial charge >= 0.3 is 19.4 Å². The van der Waals surface area contributed by atoms with E-state index in [0.29, 0.717) is 0 Å². The number of terminal acetylenes is 1. The molecule has 0 saturated carbocycles. The Morgan fingerprint density at radius 3 is 2.50 bits per heavy atom. The molecule has 1 aliphatic rings. The predicted molar refractivity (Wildman–Crippen MR) is 143 cm³/mol. The SMILES string of the molecule is C#CC1(O)C(O)C(COP(=O)(NC(CC(C)C)C(=O)OC(C)C)Oc2ccccc2)OC1n1ccc(=O)[nH]c1=O. The summed E-state index contributed by atoms with van der Waals surface area (Å²) in [5.41, 5.74) is -4.06. The number of aliphatic hydroxyl groups is 2. The molecule has 0 amide bonds. The van der Waals surface area contributed by atoms with E-state index in [1.54, 1.807) is 32.0 Å². The van der Waals surface area contributed by atoms with E-state index in [-0.39, 0.29) is 18.1 Å². The number of aromatic nitrogens is 2. The third kappa shape index (κ3) is 7.48. The minimum atomic E-state index is -4.38. The lowest BCUT2D eigenvalue weighted by molar-refractivity contribution is -0.150. The number of aromatic amines is 1. The van der Waals surface area contributed by atoms with Crippen molar-refractivity contribution in [2.24, 2.45) is 5.92 Å². The largest absolute Gasteiger partial charge is 0.462 e. The Balaban J connectivity index is 1.89. The first-order valence-electron chi connectivity index (χ1n) is 12.6. The lowest BCUT2D eigenvalue weighted by Crippen LogP contribution is -2.48. The fraction of sp³-hybridized carbons (Fsp3) is 0.500. The molecule has 1 saturated heterocycles. The Bertz CT molecular complexity index is 1370. The van der Waals surface area contributed by atoms with Crippen molar-refractivity contribution in [1.29, 1.82) is 0 Å². The standard InChI is InChI=1S/C26H34N3O10P/c1-6-26(34)22(31)20(38-24(26)29-13-12-21(30)27-25(29)33)15-36-40(35,39-18-10-8-7-9-11-18)28-19(14-16(2)3)23(32)37-17(4)5/h1,7-13,16-17,19-20,22,24,31,34H,14-15H2,2-5H3,(H,28,35)(H,27,30,33). The molecule has 6 unspecified atom stereocenters. The maximum atomic E-state index is 14.0. The van der Waals surface area contributed by atoms with Gasteiger partial charge in [0, 0.05) is 12.3 Å². The summed E-state index contributed by atoms with van der Waals surface area (Å²) in [6.45, 7) is 6.43. The molecule has 1 aliphatic heterocycles. The van der Waals surface area contributed by atoms with Gasteiger partial charge in [-0.2, -0.15) is 5.09 Å². The van der Waals surface area contributed by atoms with E-state index in [9.17, 15) is 29.2 Å². The number of carbonyl (C=O) groups is 1. The van der Waals surface area contributed by atoms with E-state index in [2.05, 4.69) is 5.09 Å². The molecule has 4 N–H and O–H groups in total. The van der Waals surface area contributed by atoms with E-state index in [0.717, 1.165) is 16.8 Å². The van der Waals surface area contributed by atoms with Crippen molar-refractivity contribution in [3.63, 3.8) is 0 Å². The molecule has 1 fully saturated rings. The van der Waals surface area contributed by atoms with Crippen LogP contribution in [0.25, 0.3) is 0 Å². The summed E-state index contributed by atoms with van der Waals surface area (Å²) in [4.78, 5) is 38.6. The van der Waals surface area contributed by atoms with Gasteiger partial charge in [-0.15, -0.1) is 6.42 Å². The molecular weight excluding hydrogens is 545 g/mol. The topological polar surface area (TPSA) is 178 Å². The molecule has 0 bridgehead atoms. The highest BCUT2D eigenvalue weighted by atomic mass is 31.2. The van der Waals surface area contributed by atoms with Gasteiger partial charge in [-0.05, 0) is 38.3 Å². The zero-order valence-electron chi connectivity index (χ0n) is 22.6. The van der Waals surface area contributed by atoms with E-state index in [1.807, 2.05) is 24.8 Å². The van der Waals surface area contributed by atoms with Crippen LogP contribution >= 0.6 is 7.75 Å². The van der Waals surface area contributed by atoms with Crippen molar-refractivity contribution < 1.29 is 38.1 Å². The summed E-state index contributed by atoms with van der Waals surface area (Å²) in [6, 6.07) is 7.98. The summed E-state index contributed by atoms with van der Waals surface area (Å²) in [7, 11) is -4.38. The van der Waals surface area contributed by atoms with Crippen molar-refractivity contribution >= 4 is 13.7 Å². The molecule has 1 aromatic heterocycles. The van der Waals surface area contributed by atoms with Gasteiger partial charge in [0.05, 0.1) is 12.7 Å². The van der Waals surface area contributed by atoms with Crippen LogP contribution in [0, 0.1) is 18.3 Å². The first-order valence-corrected chi connectivity index (χ1v) is 14.1. The molecule has 6 atom stereocenters. The summed E-state index contributed by atoms with van der Waals surface area (Å²) >= 11 is 0. The second-order valence-electron chi connectivity index (χ2n) is 9.95. The van der Waals surface area contributed by atoms with Crippen LogP contribution in [-0.4, -0.2) is 62.3 Å². The predicted octanol–water partition coefficient (Wildman–Crippen LogP) is 1.32. The van der Waals surface area contributed by atoms with Gasteiger partial charge in [-0.3, -0.25) is 23.7 Å². The van der Waals surface area contributed by atoms with Crippen LogP contribution in [0.4, 0.5) is 0 Å². The average molecular weight is 580 g/mol. The van der Waals surface area contributed by atoms with Crippen LogP contribution < -0.4 is 20.9 Å². The molecule has 218 valence electrons. The Morgan fingerprint density at radius 2 is 1.93 bits per heavy atom. The number of nitrogens with zero attached hydrogens (tertiary/aromatic N) is 1. The lowest BCUT2D eigenvalue weighted by atomic mass is 9.95. The fourth-order valence-electron chi connectivity index (χ4n) is 4.01. The Kier molecular flexibility index (Phi) is 10.1. The highest BCUT2D eigenvalue weighted by molar-refractivity contribution is 7.52. The Labute approximate surface area is 231 Å². The fourth-order valence-corrected chi connectivity index (χ4v) is 5.52. The molecule has 1 aromatic carbocycles. The van der Waals surface area contributed by atoms with Gasteiger partial charge in [-0.25, -0.2) is 9.36 Å². The monoisotopic (exact) mass is 579 g/mol. The van der Waals surface area contributed by atoms with Crippen LogP contribution in [0.5, 0.6) is 5.75 Å². The van der Waals surface area contributed by atoms with Gasteiger partial charge in [0.2, 0.25) is 0 Å². The number of esters is 1. The second kappa shape index (κ2) is 13.0. The van der Waals surface area contributed by atoms with E-state index < -0.39 is 67.8 Å². The normalized spacial score (nSPS) is 24.8. The lowest BCUT2D eigenvalue weighted by Gasteiger charge is -2.27. The molecule has 3 rings (SSSR count). The van der Waals surface area contributed by atoms with E-state index in [4.69, 9.17) is 24.9 Å². The molecule has 0 radical (unpaired) electrons. The number of aliphatic hydroxyl groups excluding tert-OH is 1. The molecule has 2 heterocycles. The van der Waals surface area contributed by atoms with Crippen LogP contribution in [0.3, 0.4) is 0 Å². The van der Waals surface area contributed by atoms with Crippen molar-refractivity contribution in [2.75, 3.05) is 6.61 Å². The number of para-hydroxylation sites is 1. The molecule has 40 heavy (non-hydrogen) atoms. The first-order chi connectivity index (χ1) is 18.8. The van der Waals surface area contributed by atoms with Gasteiger partial charge in [-0.1, -0.05) is 38.0 Å². The number of hydrogen-bond acceptors (Lipinski definition) is 10. The minimum Gasteiger partial charge on any atom is -0.462 e. The molecule has 0 aliphatic carbocycles. The quantitative estimate of drug-likeness (QED) is 0.162. The first kappa shape index (κ1) is 31.3. The highest BCUT2D eigenvalue weighted by Crippen LogP contribution is 2.47. The van der Waals surface area contributed by atoms with Gasteiger partial charge in [0.25, 0.3) is 5.56 Å².